The molecule has 0 spiro atoms. The minimum atomic E-state index is -1.70. The summed E-state index contributed by atoms with van der Waals surface area (Å²) in [7, 11) is 0. The van der Waals surface area contributed by atoms with Crippen molar-refractivity contribution in [2.45, 2.75) is 30.7 Å². The second-order valence-electron chi connectivity index (χ2n) is 5.06. The Morgan fingerprint density at radius 2 is 1.79 bits per heavy atom. The zero-order chi connectivity index (χ0) is 17.7. The molecule has 1 fully saturated rings. The number of carbonyl (C=O) groups excluding carboxylic acids is 2. The van der Waals surface area contributed by atoms with E-state index in [9.17, 15) is 19.8 Å². The molecule has 3 N–H and O–H groups in total. The molecule has 0 radical (unpaired) electrons. The Morgan fingerprint density at radius 3 is 2.38 bits per heavy atom. The number of halogens is 1. The largest absolute Gasteiger partial charge is 0.454 e. The van der Waals surface area contributed by atoms with E-state index in [0.717, 1.165) is 0 Å². The number of hydrogen-bond donors (Lipinski definition) is 3. The predicted molar refractivity (Wildman–Crippen MR) is 80.2 cm³/mol. The Bertz CT molecular complexity index is 566. The molecule has 24 heavy (non-hydrogen) atoms. The fraction of sp³-hybridized carbons (Fsp3) is 0.467. The van der Waals surface area contributed by atoms with Gasteiger partial charge in [0, 0.05) is 0 Å². The molecule has 9 heteroatoms. The van der Waals surface area contributed by atoms with Crippen LogP contribution in [-0.4, -0.2) is 70.5 Å². The summed E-state index contributed by atoms with van der Waals surface area (Å²) < 4.78 is 15.1. The number of esters is 2. The van der Waals surface area contributed by atoms with Crippen LogP contribution in [0.15, 0.2) is 30.3 Å². The van der Waals surface area contributed by atoms with E-state index in [1.165, 1.54) is 12.1 Å². The normalized spacial score (nSPS) is 29.8. The van der Waals surface area contributed by atoms with Crippen LogP contribution in [0.4, 0.5) is 0 Å². The molecule has 0 bridgehead atoms. The first-order chi connectivity index (χ1) is 11.5. The monoisotopic (exact) mass is 360 g/mol. The van der Waals surface area contributed by atoms with E-state index in [-0.39, 0.29) is 5.56 Å². The molecule has 1 saturated heterocycles. The summed E-state index contributed by atoms with van der Waals surface area (Å²) in [5, 5.41) is 29.3. The fourth-order valence-corrected chi connectivity index (χ4v) is 2.33. The average Bonchev–Trinajstić information content (AvgIpc) is 2.61. The molecule has 0 aliphatic carbocycles. The molecule has 1 aliphatic heterocycles. The summed E-state index contributed by atoms with van der Waals surface area (Å²) in [6.45, 7) is -0.632. The Labute approximate surface area is 142 Å². The SMILES string of the molecule is O=C(CCl)O[C@H]1[C@H](O)[C@@H](CO)O[C@H](O)[C@@H]1OC(=O)c1ccccc1. The van der Waals surface area contributed by atoms with Gasteiger partial charge in [0.25, 0.3) is 0 Å². The van der Waals surface area contributed by atoms with Crippen molar-refractivity contribution in [2.75, 3.05) is 12.5 Å². The minimum Gasteiger partial charge on any atom is -0.454 e. The quantitative estimate of drug-likeness (QED) is 0.471. The Kier molecular flexibility index (Phi) is 6.52. The highest BCUT2D eigenvalue weighted by molar-refractivity contribution is 6.26. The number of rotatable bonds is 5. The zero-order valence-electron chi connectivity index (χ0n) is 12.4. The first-order valence-electron chi connectivity index (χ1n) is 7.12. The molecule has 0 amide bonds. The first-order valence-corrected chi connectivity index (χ1v) is 7.65. The van der Waals surface area contributed by atoms with Crippen molar-refractivity contribution in [3.05, 3.63) is 35.9 Å². The minimum absolute atomic E-state index is 0.200. The lowest BCUT2D eigenvalue weighted by Gasteiger charge is -2.41. The third-order valence-electron chi connectivity index (χ3n) is 3.45. The van der Waals surface area contributed by atoms with Crippen LogP contribution in [0.5, 0.6) is 0 Å². The molecule has 5 atom stereocenters. The van der Waals surface area contributed by atoms with E-state index in [1.807, 2.05) is 0 Å². The van der Waals surface area contributed by atoms with Crippen molar-refractivity contribution in [3.63, 3.8) is 0 Å². The van der Waals surface area contributed by atoms with Gasteiger partial charge in [-0.3, -0.25) is 4.79 Å². The van der Waals surface area contributed by atoms with Gasteiger partial charge in [-0.2, -0.15) is 0 Å². The van der Waals surface area contributed by atoms with Crippen molar-refractivity contribution in [1.82, 2.24) is 0 Å². The number of carbonyl (C=O) groups is 2. The third-order valence-corrected chi connectivity index (χ3v) is 3.66. The Hall–Kier alpha value is -1.71. The van der Waals surface area contributed by atoms with E-state index in [0.29, 0.717) is 0 Å². The number of benzene rings is 1. The van der Waals surface area contributed by atoms with Gasteiger partial charge < -0.3 is 29.5 Å². The maximum Gasteiger partial charge on any atom is 0.338 e. The van der Waals surface area contributed by atoms with E-state index >= 15 is 0 Å². The second-order valence-corrected chi connectivity index (χ2v) is 5.33. The topological polar surface area (TPSA) is 123 Å². The van der Waals surface area contributed by atoms with Gasteiger partial charge >= 0.3 is 11.9 Å². The van der Waals surface area contributed by atoms with E-state index < -0.39 is 55.1 Å². The average molecular weight is 361 g/mol. The van der Waals surface area contributed by atoms with Crippen LogP contribution in [0.25, 0.3) is 0 Å². The summed E-state index contributed by atoms with van der Waals surface area (Å²) in [4.78, 5) is 23.6. The summed E-state index contributed by atoms with van der Waals surface area (Å²) >= 11 is 5.37. The highest BCUT2D eigenvalue weighted by Gasteiger charge is 2.49. The molecule has 0 unspecified atom stereocenters. The zero-order valence-corrected chi connectivity index (χ0v) is 13.2. The lowest BCUT2D eigenvalue weighted by molar-refractivity contribution is -0.288. The molecule has 0 aromatic heterocycles. The summed E-state index contributed by atoms with van der Waals surface area (Å²) in [5.41, 5.74) is 0.200. The van der Waals surface area contributed by atoms with Crippen molar-refractivity contribution >= 4 is 23.5 Å². The van der Waals surface area contributed by atoms with Crippen LogP contribution < -0.4 is 0 Å². The van der Waals surface area contributed by atoms with Crippen molar-refractivity contribution in [2.24, 2.45) is 0 Å². The van der Waals surface area contributed by atoms with Gasteiger partial charge in [-0.05, 0) is 12.1 Å². The maximum atomic E-state index is 12.1. The Balaban J connectivity index is 2.19. The summed E-state index contributed by atoms with van der Waals surface area (Å²) in [6.07, 6.45) is -7.35. The molecular weight excluding hydrogens is 344 g/mol. The number of alkyl halides is 1. The maximum absolute atomic E-state index is 12.1. The molecule has 132 valence electrons. The smallest absolute Gasteiger partial charge is 0.338 e. The fourth-order valence-electron chi connectivity index (χ4n) is 2.27. The molecule has 2 rings (SSSR count). The lowest BCUT2D eigenvalue weighted by Crippen LogP contribution is -2.61. The number of aliphatic hydroxyl groups excluding tert-OH is 3. The van der Waals surface area contributed by atoms with Gasteiger partial charge in [0.2, 0.25) is 0 Å². The molecule has 1 heterocycles. The van der Waals surface area contributed by atoms with Gasteiger partial charge in [0.1, 0.15) is 18.1 Å². The van der Waals surface area contributed by atoms with E-state index in [2.05, 4.69) is 0 Å². The van der Waals surface area contributed by atoms with E-state index in [1.54, 1.807) is 18.2 Å². The summed E-state index contributed by atoms with van der Waals surface area (Å²) in [6, 6.07) is 7.92. The number of aliphatic hydroxyl groups is 3. The standard InChI is InChI=1S/C15H17ClO8/c16-6-10(18)23-12-11(19)9(7-17)22-15(21)13(12)24-14(20)8-4-2-1-3-5-8/h1-5,9,11-13,15,17,19,21H,6-7H2/t9-,11-,12+,13-,15+/m1/s1. The molecule has 1 aliphatic rings. The molecule has 8 nitrogen and oxygen atoms in total. The van der Waals surface area contributed by atoms with Crippen LogP contribution in [0.1, 0.15) is 10.4 Å². The highest BCUT2D eigenvalue weighted by Crippen LogP contribution is 2.26. The molecular formula is C15H17ClO8. The van der Waals surface area contributed by atoms with Crippen LogP contribution in [-0.2, 0) is 19.0 Å². The van der Waals surface area contributed by atoms with Gasteiger partial charge in [-0.25, -0.2) is 4.79 Å². The van der Waals surface area contributed by atoms with Crippen molar-refractivity contribution in [3.8, 4) is 0 Å². The van der Waals surface area contributed by atoms with Gasteiger partial charge in [0.05, 0.1) is 12.2 Å². The molecule has 0 saturated carbocycles. The highest BCUT2D eigenvalue weighted by atomic mass is 35.5. The van der Waals surface area contributed by atoms with Crippen LogP contribution >= 0.6 is 11.6 Å². The second kappa shape index (κ2) is 8.41. The summed E-state index contributed by atoms with van der Waals surface area (Å²) in [5.74, 6) is -2.18. The van der Waals surface area contributed by atoms with Crippen LogP contribution in [0.3, 0.4) is 0 Å². The predicted octanol–water partition coefficient (Wildman–Crippen LogP) is -0.567. The van der Waals surface area contributed by atoms with Gasteiger partial charge in [-0.1, -0.05) is 18.2 Å². The van der Waals surface area contributed by atoms with Gasteiger partial charge in [0.15, 0.2) is 18.5 Å². The number of ether oxygens (including phenoxy) is 3. The molecule has 1 aromatic carbocycles. The number of hydrogen-bond acceptors (Lipinski definition) is 8. The van der Waals surface area contributed by atoms with E-state index in [4.69, 9.17) is 30.9 Å². The van der Waals surface area contributed by atoms with Crippen LogP contribution in [0, 0.1) is 0 Å². The third kappa shape index (κ3) is 4.22. The van der Waals surface area contributed by atoms with Crippen LogP contribution in [0.2, 0.25) is 0 Å². The molecule has 1 aromatic rings. The lowest BCUT2D eigenvalue weighted by atomic mass is 9.98. The van der Waals surface area contributed by atoms with Gasteiger partial charge in [-0.15, -0.1) is 11.6 Å². The Morgan fingerprint density at radius 1 is 1.12 bits per heavy atom. The van der Waals surface area contributed by atoms with Crippen molar-refractivity contribution in [1.29, 1.82) is 0 Å². The first kappa shape index (κ1) is 18.6. The van der Waals surface area contributed by atoms with Crippen molar-refractivity contribution < 1.29 is 39.1 Å².